The third kappa shape index (κ3) is 8.00. The number of carbonyl (C=O) groups is 2. The van der Waals surface area contributed by atoms with Crippen LogP contribution in [0.2, 0.25) is 0 Å². The fourth-order valence-electron chi connectivity index (χ4n) is 11.2. The van der Waals surface area contributed by atoms with Gasteiger partial charge in [-0.1, -0.05) is 6.07 Å². The first-order valence-electron chi connectivity index (χ1n) is 24.0. The first kappa shape index (κ1) is 43.7. The molecule has 2 atom stereocenters. The molecule has 21 heteroatoms. The van der Waals surface area contributed by atoms with Gasteiger partial charge < -0.3 is 19.5 Å². The van der Waals surface area contributed by atoms with Gasteiger partial charge in [0.2, 0.25) is 11.5 Å². The number of fused-ring (bicyclic) bond motifs is 4. The minimum absolute atomic E-state index is 0.109. The summed E-state index contributed by atoms with van der Waals surface area (Å²) in [5.41, 5.74) is 6.18. The van der Waals surface area contributed by atoms with E-state index in [1.807, 2.05) is 42.9 Å². The summed E-state index contributed by atoms with van der Waals surface area (Å²) in [7, 11) is 1.78. The number of amides is 3. The smallest absolute Gasteiger partial charge is 0.329 e. The second-order valence-corrected chi connectivity index (χ2v) is 19.0. The van der Waals surface area contributed by atoms with Gasteiger partial charge in [-0.05, 0) is 55.5 Å². The van der Waals surface area contributed by atoms with Crippen molar-refractivity contribution in [3.8, 4) is 28.6 Å². The molecule has 0 spiro atoms. The van der Waals surface area contributed by atoms with Crippen LogP contribution in [0.4, 0.5) is 26.5 Å². The molecule has 1 aromatic carbocycles. The number of pyridine rings is 2. The van der Waals surface area contributed by atoms with E-state index in [0.717, 1.165) is 80.9 Å². The van der Waals surface area contributed by atoms with E-state index in [2.05, 4.69) is 57.0 Å². The summed E-state index contributed by atoms with van der Waals surface area (Å²) in [5.74, 6) is 0.508. The molecule has 20 nitrogen and oxygen atoms in total. The lowest BCUT2D eigenvalue weighted by Gasteiger charge is -2.50. The minimum atomic E-state index is -0.550. The van der Waals surface area contributed by atoms with E-state index in [9.17, 15) is 19.6 Å². The summed E-state index contributed by atoms with van der Waals surface area (Å²) < 4.78 is 27.2. The van der Waals surface area contributed by atoms with E-state index in [4.69, 9.17) is 19.8 Å². The molecule has 10 heterocycles. The molecule has 4 saturated heterocycles. The van der Waals surface area contributed by atoms with Gasteiger partial charge in [0.25, 0.3) is 0 Å². The summed E-state index contributed by atoms with van der Waals surface area (Å²) >= 11 is 0. The number of urea groups is 1. The fraction of sp³-hybridized carbons (Fsp3) is 0.408. The molecule has 5 fully saturated rings. The van der Waals surface area contributed by atoms with Crippen LogP contribution in [0.3, 0.4) is 0 Å². The lowest BCUT2D eigenvalue weighted by molar-refractivity contribution is -0.120. The van der Waals surface area contributed by atoms with Crippen molar-refractivity contribution in [1.29, 1.82) is 5.26 Å². The Morgan fingerprint density at radius 3 is 2.39 bits per heavy atom. The molecule has 6 aromatic heterocycles. The number of aromatic nitrogens is 9. The number of imide groups is 1. The summed E-state index contributed by atoms with van der Waals surface area (Å²) in [6.07, 6.45) is 15.1. The highest BCUT2D eigenvalue weighted by molar-refractivity contribution is 6.09. The zero-order valence-corrected chi connectivity index (χ0v) is 38.6. The van der Waals surface area contributed by atoms with Crippen LogP contribution < -0.4 is 25.6 Å². The van der Waals surface area contributed by atoms with E-state index in [0.29, 0.717) is 77.2 Å². The van der Waals surface area contributed by atoms with Crippen molar-refractivity contribution in [3.05, 3.63) is 101 Å². The van der Waals surface area contributed by atoms with Crippen molar-refractivity contribution in [2.24, 2.45) is 7.05 Å². The average molecular weight is 947 g/mol. The number of nitrogens with one attached hydrogen (secondary N) is 2. The Morgan fingerprint density at radius 2 is 1.66 bits per heavy atom. The van der Waals surface area contributed by atoms with Gasteiger partial charge in [0.05, 0.1) is 72.5 Å². The number of ether oxygens (including phenoxy) is 1. The minimum Gasteiger partial charge on any atom is -0.378 e. The third-order valence-corrected chi connectivity index (χ3v) is 14.9. The molecular weight excluding hydrogens is 896 g/mol. The Balaban J connectivity index is 0.695. The number of nitriles is 1. The van der Waals surface area contributed by atoms with E-state index < -0.39 is 6.03 Å². The first-order valence-corrected chi connectivity index (χ1v) is 24.0. The number of halogens is 1. The molecule has 1 aliphatic carbocycles. The van der Waals surface area contributed by atoms with Crippen LogP contribution in [-0.2, 0) is 23.1 Å². The lowest BCUT2D eigenvalue weighted by Crippen LogP contribution is -2.64. The maximum absolute atomic E-state index is 15.8. The maximum atomic E-state index is 15.8. The Labute approximate surface area is 400 Å². The van der Waals surface area contributed by atoms with E-state index in [1.165, 1.54) is 11.0 Å². The number of H-pyrrole nitrogens is 1. The molecule has 0 radical (unpaired) electrons. The number of hydrogen-bond acceptors (Lipinski definition) is 14. The van der Waals surface area contributed by atoms with Crippen LogP contribution in [0.15, 0.2) is 78.4 Å². The summed E-state index contributed by atoms with van der Waals surface area (Å²) in [6.45, 7) is 6.68. The van der Waals surface area contributed by atoms with Crippen LogP contribution in [0, 0.1) is 17.1 Å². The number of nitrogens with zero attached hydrogens (tertiary/aromatic N) is 14. The number of aromatic amines is 1. The summed E-state index contributed by atoms with van der Waals surface area (Å²) in [5, 5.41) is 26.9. The largest absolute Gasteiger partial charge is 0.378 e. The Hall–Kier alpha value is -7.54. The Morgan fingerprint density at radius 1 is 0.857 bits per heavy atom. The summed E-state index contributed by atoms with van der Waals surface area (Å²) in [6, 6.07) is 13.5. The predicted octanol–water partition coefficient (Wildman–Crippen LogP) is 4.08. The van der Waals surface area contributed by atoms with E-state index in [-0.39, 0.29) is 48.4 Å². The number of anilines is 3. The molecule has 5 aliphatic rings. The van der Waals surface area contributed by atoms with Crippen molar-refractivity contribution in [2.75, 3.05) is 73.7 Å². The van der Waals surface area contributed by atoms with Crippen molar-refractivity contribution in [1.82, 2.24) is 59.2 Å². The molecule has 1 saturated carbocycles. The van der Waals surface area contributed by atoms with Gasteiger partial charge in [-0.2, -0.15) is 20.6 Å². The number of aryl methyl sites for hydroxylation is 1. The lowest BCUT2D eigenvalue weighted by atomic mass is 9.90. The Kier molecular flexibility index (Phi) is 11.1. The number of carbonyl (C=O) groups excluding carboxylic acids is 2. The zero-order chi connectivity index (χ0) is 47.6. The van der Waals surface area contributed by atoms with Crippen LogP contribution in [0.25, 0.3) is 38.9 Å². The van der Waals surface area contributed by atoms with Crippen molar-refractivity contribution in [3.63, 3.8) is 0 Å². The molecular formula is C49H51FN16O4. The molecule has 12 rings (SSSR count). The summed E-state index contributed by atoms with van der Waals surface area (Å²) in [4.78, 5) is 59.6. The molecule has 4 aliphatic heterocycles. The van der Waals surface area contributed by atoms with Gasteiger partial charge in [0, 0.05) is 113 Å². The van der Waals surface area contributed by atoms with Crippen LogP contribution in [0.1, 0.15) is 49.3 Å². The Bertz CT molecular complexity index is 3220. The van der Waals surface area contributed by atoms with E-state index >= 15 is 4.39 Å². The average Bonchev–Trinajstić information content (AvgIpc) is 4.12. The molecule has 70 heavy (non-hydrogen) atoms. The molecule has 3 amide bonds. The van der Waals surface area contributed by atoms with Gasteiger partial charge in [-0.3, -0.25) is 39.0 Å². The topological polar surface area (TPSA) is 207 Å². The van der Waals surface area contributed by atoms with Crippen LogP contribution in [-0.4, -0.2) is 143 Å². The fourth-order valence-corrected chi connectivity index (χ4v) is 11.2. The zero-order valence-electron chi connectivity index (χ0n) is 38.6. The van der Waals surface area contributed by atoms with E-state index in [1.54, 1.807) is 34.7 Å². The predicted molar refractivity (Wildman–Crippen MR) is 257 cm³/mol. The number of hydrogen-bond donors (Lipinski definition) is 2. The number of benzene rings is 1. The molecule has 7 aromatic rings. The highest BCUT2D eigenvalue weighted by Crippen LogP contribution is 2.37. The number of piperazine rings is 2. The van der Waals surface area contributed by atoms with Gasteiger partial charge in [0.1, 0.15) is 28.8 Å². The van der Waals surface area contributed by atoms with Crippen molar-refractivity contribution in [2.45, 2.75) is 62.8 Å². The monoisotopic (exact) mass is 946 g/mol. The number of morpholine rings is 1. The van der Waals surface area contributed by atoms with Gasteiger partial charge in [-0.25, -0.2) is 23.7 Å². The second-order valence-electron chi connectivity index (χ2n) is 19.0. The van der Waals surface area contributed by atoms with Gasteiger partial charge in [0.15, 0.2) is 5.82 Å². The van der Waals surface area contributed by atoms with Gasteiger partial charge >= 0.3 is 6.03 Å². The second kappa shape index (κ2) is 17.8. The molecule has 358 valence electrons. The third-order valence-electron chi connectivity index (χ3n) is 14.9. The van der Waals surface area contributed by atoms with Crippen molar-refractivity contribution >= 4 is 45.7 Å². The van der Waals surface area contributed by atoms with Gasteiger partial charge in [-0.15, -0.1) is 0 Å². The van der Waals surface area contributed by atoms with Crippen LogP contribution in [0.5, 0.6) is 0 Å². The number of rotatable bonds is 9. The quantitative estimate of drug-likeness (QED) is 0.209. The highest BCUT2D eigenvalue weighted by atomic mass is 19.1. The molecule has 0 unspecified atom stereocenters. The standard InChI is InChI=1S/C49H51FN16O4/c1-59-41-17-42(39(50)16-38(41)48(58-59)63-11-10-45(68)57-49(63)69)61-14-12-60(13-15-61)34-4-6-35(7-5-34)65-24-33(22-54-65)40-27-66-47(32(18-51)21-55-66)46(56-40)31-3-8-43(52-20-31)62-25-36-28-70-29-37(26-62)64(36)23-30-2-9-44(67)53-19-30/h2-3,8-9,16-17,19-22,24,27,34-37H,4-7,10-15,23,25-26,28-29H2,1H3,(H,53,67)(H,57,68,69)/t34?,35?,36-,37+. The SMILES string of the molecule is Cn1nc(N2CCC(=O)NC2=O)c2cc(F)c(N3CCN(C4CCC(n5cc(-c6cn7ncc(C#N)c7c(-c7ccc(N8C[C@H]9COC[C@@H](C8)N9Cc8ccc(=O)[nH]c8)nc7)n6)cn5)CC4)CC3)cc21. The molecule has 2 N–H and O–H groups in total. The maximum Gasteiger partial charge on any atom is 0.329 e. The van der Waals surface area contributed by atoms with Crippen molar-refractivity contribution < 1.29 is 18.7 Å². The highest BCUT2D eigenvalue weighted by Gasteiger charge is 2.39. The normalized spacial score (nSPS) is 22.5. The molecule has 2 bridgehead atoms. The van der Waals surface area contributed by atoms with Crippen LogP contribution >= 0.6 is 0 Å². The first-order chi connectivity index (χ1) is 34.1.